The molecule has 0 aromatic rings. The zero-order valence-corrected chi connectivity index (χ0v) is 7.69. The van der Waals surface area contributed by atoms with Crippen LogP contribution in [-0.4, -0.2) is 32.0 Å². The van der Waals surface area contributed by atoms with E-state index in [9.17, 15) is 20.1 Å². The number of hydrogen-bond acceptors (Lipinski definition) is 4. The van der Waals surface area contributed by atoms with Gasteiger partial charge in [0.2, 0.25) is 0 Å². The molecule has 0 radical (unpaired) electrons. The molecule has 0 spiro atoms. The van der Waals surface area contributed by atoms with Gasteiger partial charge in [-0.1, -0.05) is 6.92 Å². The lowest BCUT2D eigenvalue weighted by Gasteiger charge is -2.29. The van der Waals surface area contributed by atoms with Gasteiger partial charge in [-0.2, -0.15) is 0 Å². The van der Waals surface area contributed by atoms with Crippen LogP contribution in [-0.2, 0) is 4.79 Å². The highest BCUT2D eigenvalue weighted by molar-refractivity contribution is 5.87. The molecule has 0 aromatic heterocycles. The maximum atomic E-state index is 10.6. The van der Waals surface area contributed by atoms with Gasteiger partial charge in [0, 0.05) is 12.0 Å². The molecule has 1 aliphatic carbocycles. The summed E-state index contributed by atoms with van der Waals surface area (Å²) in [7, 11) is 0. The average molecular weight is 200 g/mol. The molecule has 0 saturated carbocycles. The Morgan fingerprint density at radius 1 is 1.57 bits per heavy atom. The minimum atomic E-state index is -1.66. The lowest BCUT2D eigenvalue weighted by atomic mass is 9.85. The molecular formula is C9H12O5. The largest absolute Gasteiger partial charge is 0.506 e. The van der Waals surface area contributed by atoms with Crippen molar-refractivity contribution in [1.82, 2.24) is 0 Å². The van der Waals surface area contributed by atoms with Crippen LogP contribution in [0.4, 0.5) is 0 Å². The molecule has 1 unspecified atom stereocenters. The van der Waals surface area contributed by atoms with Crippen molar-refractivity contribution in [2.24, 2.45) is 0 Å². The SMILES string of the molecule is CCC1(O)CC(C(=O)O)=CC(O)=C1O. The summed E-state index contributed by atoms with van der Waals surface area (Å²) < 4.78 is 0. The second kappa shape index (κ2) is 3.34. The van der Waals surface area contributed by atoms with Crippen LogP contribution in [0.5, 0.6) is 0 Å². The van der Waals surface area contributed by atoms with E-state index >= 15 is 0 Å². The van der Waals surface area contributed by atoms with Crippen molar-refractivity contribution in [3.8, 4) is 0 Å². The van der Waals surface area contributed by atoms with Crippen molar-refractivity contribution in [3.63, 3.8) is 0 Å². The Kier molecular flexibility index (Phi) is 2.53. The van der Waals surface area contributed by atoms with E-state index in [1.54, 1.807) is 6.92 Å². The molecule has 0 aromatic carbocycles. The molecule has 5 heteroatoms. The summed E-state index contributed by atoms with van der Waals surface area (Å²) in [6, 6.07) is 0. The van der Waals surface area contributed by atoms with Gasteiger partial charge >= 0.3 is 5.97 Å². The molecule has 4 N–H and O–H groups in total. The number of hydrogen-bond donors (Lipinski definition) is 4. The molecule has 1 aliphatic rings. The summed E-state index contributed by atoms with van der Waals surface area (Å²) in [4.78, 5) is 10.6. The number of carboxylic acid groups (broad SMARTS) is 1. The van der Waals surface area contributed by atoms with E-state index in [2.05, 4.69) is 0 Å². The average Bonchev–Trinajstić information content (AvgIpc) is 2.13. The molecule has 0 aliphatic heterocycles. The van der Waals surface area contributed by atoms with Crippen molar-refractivity contribution >= 4 is 5.97 Å². The lowest BCUT2D eigenvalue weighted by molar-refractivity contribution is -0.133. The van der Waals surface area contributed by atoms with Crippen LogP contribution >= 0.6 is 0 Å². The summed E-state index contributed by atoms with van der Waals surface area (Å²) in [5.41, 5.74) is -1.78. The van der Waals surface area contributed by atoms with Crippen LogP contribution in [0.2, 0.25) is 0 Å². The van der Waals surface area contributed by atoms with E-state index in [-0.39, 0.29) is 18.4 Å². The highest BCUT2D eigenvalue weighted by atomic mass is 16.4. The minimum Gasteiger partial charge on any atom is -0.506 e. The Labute approximate surface area is 80.6 Å². The quantitative estimate of drug-likeness (QED) is 0.530. The van der Waals surface area contributed by atoms with Gasteiger partial charge < -0.3 is 20.4 Å². The predicted octanol–water partition coefficient (Wildman–Crippen LogP) is 0.870. The summed E-state index contributed by atoms with van der Waals surface area (Å²) in [5.74, 6) is -2.36. The Morgan fingerprint density at radius 3 is 2.57 bits per heavy atom. The highest BCUT2D eigenvalue weighted by Crippen LogP contribution is 2.33. The Balaban J connectivity index is 3.14. The first-order valence-electron chi connectivity index (χ1n) is 4.19. The summed E-state index contributed by atoms with van der Waals surface area (Å²) in [5, 5.41) is 37.0. The van der Waals surface area contributed by atoms with Crippen molar-refractivity contribution < 1.29 is 25.2 Å². The molecule has 0 saturated heterocycles. The van der Waals surface area contributed by atoms with Gasteiger partial charge in [0.05, 0.1) is 0 Å². The van der Waals surface area contributed by atoms with Gasteiger partial charge in [0.15, 0.2) is 11.5 Å². The van der Waals surface area contributed by atoms with Gasteiger partial charge in [0.1, 0.15) is 5.60 Å². The minimum absolute atomic E-state index is 0.121. The van der Waals surface area contributed by atoms with Crippen LogP contribution in [0.25, 0.3) is 0 Å². The third-order valence-electron chi connectivity index (χ3n) is 2.34. The fourth-order valence-corrected chi connectivity index (χ4v) is 1.35. The molecule has 1 rings (SSSR count). The monoisotopic (exact) mass is 200 g/mol. The molecule has 1 atom stereocenters. The van der Waals surface area contributed by atoms with Crippen molar-refractivity contribution in [2.45, 2.75) is 25.4 Å². The zero-order valence-electron chi connectivity index (χ0n) is 7.69. The second-order valence-corrected chi connectivity index (χ2v) is 3.27. The number of rotatable bonds is 2. The van der Waals surface area contributed by atoms with Gasteiger partial charge in [0.25, 0.3) is 0 Å². The van der Waals surface area contributed by atoms with Crippen LogP contribution in [0.3, 0.4) is 0 Å². The van der Waals surface area contributed by atoms with E-state index in [1.807, 2.05) is 0 Å². The smallest absolute Gasteiger partial charge is 0.331 e. The van der Waals surface area contributed by atoms with Crippen molar-refractivity contribution in [2.75, 3.05) is 0 Å². The second-order valence-electron chi connectivity index (χ2n) is 3.27. The third kappa shape index (κ3) is 1.58. The number of aliphatic hydroxyl groups is 3. The standard InChI is InChI=1S/C9H12O5/c1-2-9(14)4-5(8(12)13)3-6(10)7(9)11/h3,10-11,14H,2,4H2,1H3,(H,12,13). The Hall–Kier alpha value is -1.49. The van der Waals surface area contributed by atoms with Gasteiger partial charge in [-0.25, -0.2) is 4.79 Å². The fraction of sp³-hybridized carbons (Fsp3) is 0.444. The first kappa shape index (κ1) is 10.6. The van der Waals surface area contributed by atoms with E-state index in [0.29, 0.717) is 0 Å². The van der Waals surface area contributed by atoms with E-state index in [0.717, 1.165) is 6.08 Å². The van der Waals surface area contributed by atoms with Crippen LogP contribution in [0.15, 0.2) is 23.2 Å². The summed E-state index contributed by atoms with van der Waals surface area (Å²) in [6.45, 7) is 1.59. The first-order valence-corrected chi connectivity index (χ1v) is 4.19. The number of aliphatic carboxylic acids is 1. The van der Waals surface area contributed by atoms with Crippen LogP contribution < -0.4 is 0 Å². The molecule has 0 amide bonds. The summed E-state index contributed by atoms with van der Waals surface area (Å²) >= 11 is 0. The van der Waals surface area contributed by atoms with Crippen molar-refractivity contribution in [3.05, 3.63) is 23.2 Å². The molecule has 0 bridgehead atoms. The van der Waals surface area contributed by atoms with Crippen molar-refractivity contribution in [1.29, 1.82) is 0 Å². The first-order chi connectivity index (χ1) is 6.40. The fourth-order valence-electron chi connectivity index (χ4n) is 1.35. The molecule has 78 valence electrons. The summed E-state index contributed by atoms with van der Waals surface area (Å²) in [6.07, 6.45) is 0.879. The van der Waals surface area contributed by atoms with E-state index < -0.39 is 23.1 Å². The van der Waals surface area contributed by atoms with Crippen LogP contribution in [0.1, 0.15) is 19.8 Å². The maximum Gasteiger partial charge on any atom is 0.331 e. The number of carboxylic acids is 1. The zero-order chi connectivity index (χ0) is 10.9. The molecule has 5 nitrogen and oxygen atoms in total. The van der Waals surface area contributed by atoms with Gasteiger partial charge in [-0.3, -0.25) is 0 Å². The third-order valence-corrected chi connectivity index (χ3v) is 2.34. The number of allylic oxidation sites excluding steroid dienone is 1. The molecule has 0 heterocycles. The molecule has 0 fully saturated rings. The Bertz CT molecular complexity index is 328. The normalized spacial score (nSPS) is 27.4. The van der Waals surface area contributed by atoms with Crippen LogP contribution in [0, 0.1) is 0 Å². The van der Waals surface area contributed by atoms with Gasteiger partial charge in [-0.05, 0) is 12.5 Å². The van der Waals surface area contributed by atoms with E-state index in [1.165, 1.54) is 0 Å². The number of aliphatic hydroxyl groups excluding tert-OH is 2. The predicted molar refractivity (Wildman–Crippen MR) is 47.9 cm³/mol. The molecule has 14 heavy (non-hydrogen) atoms. The number of carbonyl (C=O) groups is 1. The maximum absolute atomic E-state index is 10.6. The topological polar surface area (TPSA) is 98.0 Å². The Morgan fingerprint density at radius 2 is 2.14 bits per heavy atom. The lowest BCUT2D eigenvalue weighted by Crippen LogP contribution is -2.35. The molecular weight excluding hydrogens is 188 g/mol. The van der Waals surface area contributed by atoms with E-state index in [4.69, 9.17) is 5.11 Å². The highest BCUT2D eigenvalue weighted by Gasteiger charge is 2.38. The van der Waals surface area contributed by atoms with Gasteiger partial charge in [-0.15, -0.1) is 0 Å².